The highest BCUT2D eigenvalue weighted by atomic mass is 19.1. The van der Waals surface area contributed by atoms with Crippen LogP contribution >= 0.6 is 0 Å². The van der Waals surface area contributed by atoms with Crippen molar-refractivity contribution < 1.29 is 18.4 Å². The molecule has 0 bridgehead atoms. The van der Waals surface area contributed by atoms with E-state index < -0.39 is 22.2 Å². The van der Waals surface area contributed by atoms with E-state index >= 15 is 0 Å². The molecule has 0 aliphatic carbocycles. The minimum Gasteiger partial charge on any atom is -0.490 e. The van der Waals surface area contributed by atoms with Crippen LogP contribution in [0, 0.1) is 21.7 Å². The Morgan fingerprint density at radius 2 is 2.11 bits per heavy atom. The first-order chi connectivity index (χ1) is 8.56. The molecule has 7 heteroatoms. The highest BCUT2D eigenvalue weighted by molar-refractivity contribution is 5.39. The molecule has 0 atom stereocenters. The minimum absolute atomic E-state index is 0.209. The summed E-state index contributed by atoms with van der Waals surface area (Å²) in [6.07, 6.45) is 0.631. The van der Waals surface area contributed by atoms with E-state index in [1.165, 1.54) is 0 Å². The Labute approximate surface area is 103 Å². The van der Waals surface area contributed by atoms with E-state index in [9.17, 15) is 18.9 Å². The average molecular weight is 260 g/mol. The summed E-state index contributed by atoms with van der Waals surface area (Å²) in [5.74, 6) is -2.36. The van der Waals surface area contributed by atoms with Gasteiger partial charge < -0.3 is 10.1 Å². The van der Waals surface area contributed by atoms with Crippen LogP contribution in [0.1, 0.15) is 13.3 Å². The predicted octanol–water partition coefficient (Wildman–Crippen LogP) is 2.25. The van der Waals surface area contributed by atoms with Gasteiger partial charge in [0.1, 0.15) is 0 Å². The van der Waals surface area contributed by atoms with Crippen LogP contribution < -0.4 is 10.1 Å². The maximum Gasteiger partial charge on any atom is 0.307 e. The summed E-state index contributed by atoms with van der Waals surface area (Å²) in [5.41, 5.74) is -0.896. The van der Waals surface area contributed by atoms with Gasteiger partial charge in [-0.15, -0.1) is 0 Å². The van der Waals surface area contributed by atoms with Gasteiger partial charge in [0.15, 0.2) is 11.6 Å². The molecule has 0 aromatic heterocycles. The maximum absolute atomic E-state index is 13.4. The quantitative estimate of drug-likeness (QED) is 0.464. The van der Waals surface area contributed by atoms with Crippen LogP contribution in [-0.2, 0) is 0 Å². The lowest BCUT2D eigenvalue weighted by Gasteiger charge is -2.07. The Morgan fingerprint density at radius 1 is 1.39 bits per heavy atom. The van der Waals surface area contributed by atoms with Crippen molar-refractivity contribution in [3.05, 3.63) is 33.9 Å². The summed E-state index contributed by atoms with van der Waals surface area (Å²) in [5, 5.41) is 13.4. The molecule has 1 aromatic rings. The largest absolute Gasteiger partial charge is 0.490 e. The molecule has 0 radical (unpaired) electrons. The molecule has 0 aliphatic heterocycles. The van der Waals surface area contributed by atoms with Crippen LogP contribution in [0.3, 0.4) is 0 Å². The molecule has 0 unspecified atom stereocenters. The number of nitrogens with one attached hydrogen (secondary N) is 1. The molecule has 0 spiro atoms. The van der Waals surface area contributed by atoms with Gasteiger partial charge in [-0.1, -0.05) is 6.92 Å². The number of benzene rings is 1. The van der Waals surface area contributed by atoms with Gasteiger partial charge in [-0.2, -0.15) is 4.39 Å². The molecule has 0 saturated carbocycles. The number of ether oxygens (including phenoxy) is 1. The van der Waals surface area contributed by atoms with E-state index in [0.717, 1.165) is 6.54 Å². The van der Waals surface area contributed by atoms with Crippen LogP contribution in [0.25, 0.3) is 0 Å². The number of nitrogens with zero attached hydrogens (tertiary/aromatic N) is 1. The Hall–Kier alpha value is -1.76. The number of nitro benzene ring substituents is 1. The molecular weight excluding hydrogens is 246 g/mol. The van der Waals surface area contributed by atoms with Gasteiger partial charge in [-0.3, -0.25) is 10.1 Å². The van der Waals surface area contributed by atoms with Crippen molar-refractivity contribution in [1.82, 2.24) is 5.32 Å². The summed E-state index contributed by atoms with van der Waals surface area (Å²) >= 11 is 0. The van der Waals surface area contributed by atoms with Crippen molar-refractivity contribution in [3.8, 4) is 5.75 Å². The maximum atomic E-state index is 13.4. The first-order valence-electron chi connectivity index (χ1n) is 5.53. The lowest BCUT2D eigenvalue weighted by Crippen LogP contribution is -2.16. The Morgan fingerprint density at radius 3 is 2.72 bits per heavy atom. The van der Waals surface area contributed by atoms with Crippen molar-refractivity contribution in [1.29, 1.82) is 0 Å². The van der Waals surface area contributed by atoms with E-state index in [1.54, 1.807) is 0 Å². The number of hydrogen-bond donors (Lipinski definition) is 1. The fourth-order valence-electron chi connectivity index (χ4n) is 1.32. The minimum atomic E-state index is -1.11. The molecule has 0 aliphatic rings. The Bertz CT molecular complexity index is 427. The summed E-state index contributed by atoms with van der Waals surface area (Å²) in [6.45, 7) is 3.68. The third kappa shape index (κ3) is 3.92. The standard InChI is InChI=1S/C11H14F2N2O3/c1-2-14-4-3-5-18-11-7-8(12)10(15(16)17)6-9(11)13/h6-7,14H,2-5H2,1H3. The third-order valence-electron chi connectivity index (χ3n) is 2.20. The Balaban J connectivity index is 2.62. The van der Waals surface area contributed by atoms with Gasteiger partial charge in [0, 0.05) is 6.07 Å². The zero-order chi connectivity index (χ0) is 13.5. The number of halogens is 2. The van der Waals surface area contributed by atoms with E-state index in [2.05, 4.69) is 5.32 Å². The van der Waals surface area contributed by atoms with E-state index in [-0.39, 0.29) is 12.4 Å². The van der Waals surface area contributed by atoms with Gasteiger partial charge in [0.05, 0.1) is 17.6 Å². The first-order valence-corrected chi connectivity index (χ1v) is 5.53. The van der Waals surface area contributed by atoms with Crippen LogP contribution in [0.2, 0.25) is 0 Å². The van der Waals surface area contributed by atoms with E-state index in [4.69, 9.17) is 4.74 Å². The van der Waals surface area contributed by atoms with Crippen molar-refractivity contribution in [2.24, 2.45) is 0 Å². The van der Waals surface area contributed by atoms with Crippen LogP contribution in [0.15, 0.2) is 12.1 Å². The lowest BCUT2D eigenvalue weighted by atomic mass is 10.3. The summed E-state index contributed by atoms with van der Waals surface area (Å²) in [4.78, 5) is 9.39. The normalized spacial score (nSPS) is 10.4. The van der Waals surface area contributed by atoms with Gasteiger partial charge >= 0.3 is 5.69 Å². The highest BCUT2D eigenvalue weighted by Gasteiger charge is 2.19. The number of hydrogen-bond acceptors (Lipinski definition) is 4. The molecule has 0 heterocycles. The monoisotopic (exact) mass is 260 g/mol. The average Bonchev–Trinajstić information content (AvgIpc) is 2.32. The van der Waals surface area contributed by atoms with Crippen LogP contribution in [-0.4, -0.2) is 24.6 Å². The summed E-state index contributed by atoms with van der Waals surface area (Å²) in [6, 6.07) is 1.22. The molecule has 0 saturated heterocycles. The molecule has 1 N–H and O–H groups in total. The number of nitro groups is 1. The second kappa shape index (κ2) is 6.85. The van der Waals surface area contributed by atoms with Crippen LogP contribution in [0.4, 0.5) is 14.5 Å². The fraction of sp³-hybridized carbons (Fsp3) is 0.455. The summed E-state index contributed by atoms with van der Waals surface area (Å²) in [7, 11) is 0. The van der Waals surface area contributed by atoms with Crippen molar-refractivity contribution >= 4 is 5.69 Å². The lowest BCUT2D eigenvalue weighted by molar-refractivity contribution is -0.387. The van der Waals surface area contributed by atoms with E-state index in [1.807, 2.05) is 6.92 Å². The van der Waals surface area contributed by atoms with Gasteiger partial charge in [0.2, 0.25) is 5.82 Å². The number of rotatable bonds is 7. The second-order valence-electron chi connectivity index (χ2n) is 3.55. The molecule has 1 aromatic carbocycles. The molecular formula is C11H14F2N2O3. The SMILES string of the molecule is CCNCCCOc1cc(F)c([N+](=O)[O-])cc1F. The highest BCUT2D eigenvalue weighted by Crippen LogP contribution is 2.26. The smallest absolute Gasteiger partial charge is 0.307 e. The van der Waals surface area contributed by atoms with E-state index in [0.29, 0.717) is 25.1 Å². The zero-order valence-electron chi connectivity index (χ0n) is 9.91. The third-order valence-corrected chi connectivity index (χ3v) is 2.20. The van der Waals surface area contributed by atoms with Gasteiger partial charge in [-0.25, -0.2) is 4.39 Å². The molecule has 0 amide bonds. The van der Waals surface area contributed by atoms with Crippen LogP contribution in [0.5, 0.6) is 5.75 Å². The molecule has 0 fully saturated rings. The Kier molecular flexibility index (Phi) is 5.44. The zero-order valence-corrected chi connectivity index (χ0v) is 9.91. The van der Waals surface area contributed by atoms with Gasteiger partial charge in [-0.05, 0) is 19.5 Å². The van der Waals surface area contributed by atoms with Gasteiger partial charge in [0.25, 0.3) is 0 Å². The molecule has 5 nitrogen and oxygen atoms in total. The second-order valence-corrected chi connectivity index (χ2v) is 3.55. The van der Waals surface area contributed by atoms with Crippen molar-refractivity contribution in [2.75, 3.05) is 19.7 Å². The summed E-state index contributed by atoms with van der Waals surface area (Å²) < 4.78 is 31.6. The van der Waals surface area contributed by atoms with Crippen molar-refractivity contribution in [2.45, 2.75) is 13.3 Å². The molecule has 1 rings (SSSR count). The first kappa shape index (κ1) is 14.3. The predicted molar refractivity (Wildman–Crippen MR) is 61.7 cm³/mol. The molecule has 18 heavy (non-hydrogen) atoms. The topological polar surface area (TPSA) is 64.4 Å². The molecule has 100 valence electrons. The fourth-order valence-corrected chi connectivity index (χ4v) is 1.32. The van der Waals surface area contributed by atoms with Crippen molar-refractivity contribution in [3.63, 3.8) is 0 Å².